The fourth-order valence-electron chi connectivity index (χ4n) is 1.74. The van der Waals surface area contributed by atoms with Crippen LogP contribution in [0.5, 0.6) is 0 Å². The molecule has 1 atom stereocenters. The van der Waals surface area contributed by atoms with Crippen LogP contribution in [0, 0.1) is 12.8 Å². The van der Waals surface area contributed by atoms with Gasteiger partial charge in [0.25, 0.3) is 0 Å². The molecule has 2 rings (SSSR count). The van der Waals surface area contributed by atoms with Gasteiger partial charge in [0.05, 0.1) is 6.61 Å². The number of nitrogens with zero attached hydrogens (tertiary/aromatic N) is 1. The number of thiazole rings is 1. The summed E-state index contributed by atoms with van der Waals surface area (Å²) in [5.41, 5.74) is 0. The number of nitrogens with one attached hydrogen (secondary N) is 1. The summed E-state index contributed by atoms with van der Waals surface area (Å²) in [5, 5.41) is 4.71. The zero-order chi connectivity index (χ0) is 10.7. The third-order valence-electron chi connectivity index (χ3n) is 2.72. The van der Waals surface area contributed by atoms with Crippen molar-refractivity contribution in [2.45, 2.75) is 32.4 Å². The zero-order valence-electron chi connectivity index (χ0n) is 9.32. The van der Waals surface area contributed by atoms with Crippen molar-refractivity contribution in [3.8, 4) is 0 Å². The molecule has 1 aromatic heterocycles. The molecule has 1 fully saturated rings. The summed E-state index contributed by atoms with van der Waals surface area (Å²) in [5.74, 6) is 0.825. The summed E-state index contributed by atoms with van der Waals surface area (Å²) in [6, 6.07) is 0.513. The second-order valence-corrected chi connectivity index (χ2v) is 5.46. The van der Waals surface area contributed by atoms with Crippen molar-refractivity contribution in [3.05, 3.63) is 16.1 Å². The van der Waals surface area contributed by atoms with Crippen molar-refractivity contribution >= 4 is 11.3 Å². The maximum atomic E-state index is 5.22. The molecular weight excluding hydrogens is 208 g/mol. The molecule has 0 bridgehead atoms. The summed E-state index contributed by atoms with van der Waals surface area (Å²) in [7, 11) is 1.77. The number of aromatic nitrogens is 1. The predicted octanol–water partition coefficient (Wildman–Crippen LogP) is 1.97. The third kappa shape index (κ3) is 3.26. The second kappa shape index (κ2) is 5.05. The van der Waals surface area contributed by atoms with E-state index in [9.17, 15) is 0 Å². The van der Waals surface area contributed by atoms with Gasteiger partial charge in [0.1, 0.15) is 5.01 Å². The van der Waals surface area contributed by atoms with Gasteiger partial charge in [-0.15, -0.1) is 11.3 Å². The zero-order valence-corrected chi connectivity index (χ0v) is 10.1. The monoisotopic (exact) mass is 226 g/mol. The Labute approximate surface area is 94.9 Å². The van der Waals surface area contributed by atoms with E-state index in [1.807, 2.05) is 6.20 Å². The van der Waals surface area contributed by atoms with E-state index < -0.39 is 0 Å². The molecule has 0 spiro atoms. The summed E-state index contributed by atoms with van der Waals surface area (Å²) in [6.07, 6.45) is 4.62. The molecule has 0 saturated heterocycles. The second-order valence-electron chi connectivity index (χ2n) is 4.14. The summed E-state index contributed by atoms with van der Waals surface area (Å²) < 4.78 is 5.22. The first-order valence-corrected chi connectivity index (χ1v) is 6.25. The van der Waals surface area contributed by atoms with Crippen molar-refractivity contribution in [2.24, 2.45) is 5.92 Å². The van der Waals surface area contributed by atoms with Gasteiger partial charge < -0.3 is 10.1 Å². The molecule has 1 N–H and O–H groups in total. The molecule has 0 radical (unpaired) electrons. The molecular formula is C11H18N2OS. The van der Waals surface area contributed by atoms with Gasteiger partial charge in [-0.3, -0.25) is 0 Å². The van der Waals surface area contributed by atoms with Crippen molar-refractivity contribution in [1.82, 2.24) is 10.3 Å². The van der Waals surface area contributed by atoms with Crippen molar-refractivity contribution in [1.29, 1.82) is 0 Å². The molecule has 15 heavy (non-hydrogen) atoms. The van der Waals surface area contributed by atoms with Crippen LogP contribution in [0.3, 0.4) is 0 Å². The van der Waals surface area contributed by atoms with Gasteiger partial charge in [-0.05, 0) is 25.7 Å². The minimum Gasteiger partial charge on any atom is -0.383 e. The van der Waals surface area contributed by atoms with Crippen LogP contribution in [-0.4, -0.2) is 24.7 Å². The minimum absolute atomic E-state index is 0.513. The van der Waals surface area contributed by atoms with Crippen molar-refractivity contribution in [2.75, 3.05) is 13.7 Å². The number of methoxy groups -OCH3 is 1. The van der Waals surface area contributed by atoms with Crippen molar-refractivity contribution < 1.29 is 4.74 Å². The molecule has 3 nitrogen and oxygen atoms in total. The molecule has 1 aromatic rings. The van der Waals surface area contributed by atoms with Crippen molar-refractivity contribution in [3.63, 3.8) is 0 Å². The van der Waals surface area contributed by atoms with Crippen LogP contribution in [-0.2, 0) is 11.3 Å². The molecule has 1 unspecified atom stereocenters. The fourth-order valence-corrected chi connectivity index (χ4v) is 2.48. The molecule has 1 heterocycles. The van der Waals surface area contributed by atoms with Gasteiger partial charge in [-0.25, -0.2) is 4.98 Å². The van der Waals surface area contributed by atoms with Crippen LogP contribution in [0.25, 0.3) is 0 Å². The Balaban J connectivity index is 1.79. The number of rotatable bonds is 6. The minimum atomic E-state index is 0.513. The standard InChI is InChI=1S/C11H18N2OS/c1-8-5-13-11(15-8)6-12-10(7-14-2)9-3-4-9/h5,9-10,12H,3-4,6-7H2,1-2H3. The van der Waals surface area contributed by atoms with Crippen LogP contribution in [0.2, 0.25) is 0 Å². The van der Waals surface area contributed by atoms with Gasteiger partial charge in [-0.2, -0.15) is 0 Å². The highest BCUT2D eigenvalue weighted by atomic mass is 32.1. The Hall–Kier alpha value is -0.450. The highest BCUT2D eigenvalue weighted by Gasteiger charge is 2.30. The van der Waals surface area contributed by atoms with Gasteiger partial charge in [0.2, 0.25) is 0 Å². The predicted molar refractivity (Wildman–Crippen MR) is 62.1 cm³/mol. The Morgan fingerprint density at radius 2 is 2.47 bits per heavy atom. The van der Waals surface area contributed by atoms with E-state index in [2.05, 4.69) is 17.2 Å². The Morgan fingerprint density at radius 1 is 1.67 bits per heavy atom. The summed E-state index contributed by atoms with van der Waals surface area (Å²) in [4.78, 5) is 5.62. The first-order chi connectivity index (χ1) is 7.29. The van der Waals surface area contributed by atoms with Crippen LogP contribution >= 0.6 is 11.3 Å². The molecule has 84 valence electrons. The molecule has 1 aliphatic carbocycles. The summed E-state index contributed by atoms with van der Waals surface area (Å²) in [6.45, 7) is 3.78. The smallest absolute Gasteiger partial charge is 0.107 e. The van der Waals surface area contributed by atoms with Gasteiger partial charge >= 0.3 is 0 Å². The van der Waals surface area contributed by atoms with E-state index in [1.165, 1.54) is 22.7 Å². The normalized spacial score (nSPS) is 18.0. The quantitative estimate of drug-likeness (QED) is 0.805. The first-order valence-electron chi connectivity index (χ1n) is 5.43. The Bertz CT molecular complexity index is 309. The molecule has 4 heteroatoms. The van der Waals surface area contributed by atoms with E-state index in [4.69, 9.17) is 4.74 Å². The van der Waals surface area contributed by atoms with E-state index in [-0.39, 0.29) is 0 Å². The molecule has 0 aliphatic heterocycles. The van der Waals surface area contributed by atoms with Gasteiger partial charge in [-0.1, -0.05) is 0 Å². The highest BCUT2D eigenvalue weighted by molar-refractivity contribution is 7.11. The number of hydrogen-bond donors (Lipinski definition) is 1. The lowest BCUT2D eigenvalue weighted by Crippen LogP contribution is -2.34. The Kier molecular flexibility index (Phi) is 3.72. The van der Waals surface area contributed by atoms with Crippen LogP contribution < -0.4 is 5.32 Å². The average molecular weight is 226 g/mol. The van der Waals surface area contributed by atoms with E-state index >= 15 is 0 Å². The maximum Gasteiger partial charge on any atom is 0.107 e. The first kappa shape index (κ1) is 11.0. The molecule has 1 aliphatic rings. The molecule has 1 saturated carbocycles. The molecule has 0 aromatic carbocycles. The van der Waals surface area contributed by atoms with Crippen LogP contribution in [0.4, 0.5) is 0 Å². The van der Waals surface area contributed by atoms with Crippen LogP contribution in [0.15, 0.2) is 6.20 Å². The van der Waals surface area contributed by atoms with E-state index in [0.717, 1.165) is 19.1 Å². The average Bonchev–Trinajstić information content (AvgIpc) is 2.97. The fraction of sp³-hybridized carbons (Fsp3) is 0.727. The largest absolute Gasteiger partial charge is 0.383 e. The lowest BCUT2D eigenvalue weighted by molar-refractivity contribution is 0.157. The van der Waals surface area contributed by atoms with E-state index in [1.54, 1.807) is 18.4 Å². The highest BCUT2D eigenvalue weighted by Crippen LogP contribution is 2.32. The van der Waals surface area contributed by atoms with Crippen LogP contribution in [0.1, 0.15) is 22.7 Å². The third-order valence-corrected chi connectivity index (χ3v) is 3.63. The number of hydrogen-bond acceptors (Lipinski definition) is 4. The molecule has 0 amide bonds. The lowest BCUT2D eigenvalue weighted by atomic mass is 10.2. The van der Waals surface area contributed by atoms with Gasteiger partial charge in [0, 0.05) is 30.8 Å². The van der Waals surface area contributed by atoms with E-state index in [0.29, 0.717) is 6.04 Å². The Morgan fingerprint density at radius 3 is 3.00 bits per heavy atom. The summed E-state index contributed by atoms with van der Waals surface area (Å²) >= 11 is 1.77. The topological polar surface area (TPSA) is 34.1 Å². The SMILES string of the molecule is COCC(NCc1ncc(C)s1)C1CC1. The number of aryl methyl sites for hydroxylation is 1. The maximum absolute atomic E-state index is 5.22. The number of ether oxygens (including phenoxy) is 1. The lowest BCUT2D eigenvalue weighted by Gasteiger charge is -2.16. The van der Waals surface area contributed by atoms with Gasteiger partial charge in [0.15, 0.2) is 0 Å².